The zero-order chi connectivity index (χ0) is 17.8. The maximum atomic E-state index is 11.9. The molecule has 8 heteroatoms. The van der Waals surface area contributed by atoms with Gasteiger partial charge in [-0.2, -0.15) is 0 Å². The number of nitrogen functional groups attached to an aromatic ring is 1. The summed E-state index contributed by atoms with van der Waals surface area (Å²) in [6.45, 7) is 3.63. The van der Waals surface area contributed by atoms with E-state index in [0.29, 0.717) is 28.6 Å². The van der Waals surface area contributed by atoms with E-state index < -0.39 is 5.97 Å². The molecule has 0 saturated carbocycles. The van der Waals surface area contributed by atoms with Gasteiger partial charge in [0.25, 0.3) is 0 Å². The minimum absolute atomic E-state index is 0.421. The molecule has 0 atom stereocenters. The topological polar surface area (TPSA) is 96.6 Å². The van der Waals surface area contributed by atoms with Crippen LogP contribution in [0.2, 0.25) is 0 Å². The number of nitrogens with one attached hydrogen (secondary N) is 1. The van der Waals surface area contributed by atoms with E-state index in [-0.39, 0.29) is 0 Å². The molecule has 1 aliphatic heterocycles. The Kier molecular flexibility index (Phi) is 4.99. The van der Waals surface area contributed by atoms with Gasteiger partial charge in [-0.05, 0) is 19.2 Å². The molecule has 8 nitrogen and oxygen atoms in total. The van der Waals surface area contributed by atoms with Crippen molar-refractivity contribution in [3.8, 4) is 0 Å². The Morgan fingerprint density at radius 3 is 2.64 bits per heavy atom. The number of methoxy groups -OCH3 is 1. The predicted octanol–water partition coefficient (Wildman–Crippen LogP) is 1.34. The molecule has 2 aromatic rings. The number of nitrogens with zero attached hydrogens (tertiary/aromatic N) is 4. The number of carbonyl (C=O) groups excluding carboxylic acids is 1. The van der Waals surface area contributed by atoms with Crippen LogP contribution in [0, 0.1) is 0 Å². The van der Waals surface area contributed by atoms with E-state index in [1.54, 1.807) is 18.2 Å². The third-order valence-electron chi connectivity index (χ3n) is 4.25. The third kappa shape index (κ3) is 3.63. The molecular formula is C17H22N6O2. The number of ether oxygens (including phenoxy) is 1. The summed E-state index contributed by atoms with van der Waals surface area (Å²) in [7, 11) is 3.45. The van der Waals surface area contributed by atoms with E-state index in [1.165, 1.54) is 13.4 Å². The Bertz CT molecular complexity index is 759. The second-order valence-electron chi connectivity index (χ2n) is 5.91. The Hall–Kier alpha value is -2.87. The number of esters is 1. The second-order valence-corrected chi connectivity index (χ2v) is 5.91. The minimum Gasteiger partial charge on any atom is -0.465 e. The van der Waals surface area contributed by atoms with Crippen LogP contribution < -0.4 is 16.0 Å². The van der Waals surface area contributed by atoms with E-state index >= 15 is 0 Å². The van der Waals surface area contributed by atoms with Gasteiger partial charge in [0.1, 0.15) is 12.0 Å². The van der Waals surface area contributed by atoms with Crippen LogP contribution >= 0.6 is 0 Å². The summed E-state index contributed by atoms with van der Waals surface area (Å²) in [6, 6.07) is 7.07. The largest absolute Gasteiger partial charge is 0.465 e. The number of aromatic nitrogens is 2. The van der Waals surface area contributed by atoms with E-state index in [9.17, 15) is 4.79 Å². The van der Waals surface area contributed by atoms with Crippen LogP contribution in [-0.4, -0.2) is 61.2 Å². The summed E-state index contributed by atoms with van der Waals surface area (Å²) in [6.07, 6.45) is 1.48. The molecular weight excluding hydrogens is 320 g/mol. The van der Waals surface area contributed by atoms with Gasteiger partial charge in [-0.3, -0.25) is 0 Å². The number of carbonyl (C=O) groups is 1. The number of hydrogen-bond donors (Lipinski definition) is 2. The summed E-state index contributed by atoms with van der Waals surface area (Å²) in [5.74, 6) is 0.761. The maximum Gasteiger partial charge on any atom is 0.339 e. The number of benzene rings is 1. The van der Waals surface area contributed by atoms with Gasteiger partial charge in [-0.25, -0.2) is 14.8 Å². The molecule has 2 heterocycles. The number of likely N-dealkylation sites (N-methyl/N-ethyl adjacent to an activating group) is 1. The fourth-order valence-corrected chi connectivity index (χ4v) is 2.76. The molecule has 0 bridgehead atoms. The molecule has 0 unspecified atom stereocenters. The van der Waals surface area contributed by atoms with Crippen LogP contribution in [0.5, 0.6) is 0 Å². The van der Waals surface area contributed by atoms with Gasteiger partial charge in [0.15, 0.2) is 11.6 Å². The van der Waals surface area contributed by atoms with Crippen molar-refractivity contribution in [3.05, 3.63) is 36.2 Å². The van der Waals surface area contributed by atoms with Crippen LogP contribution in [-0.2, 0) is 4.74 Å². The van der Waals surface area contributed by atoms with E-state index in [0.717, 1.165) is 26.2 Å². The lowest BCUT2D eigenvalue weighted by Gasteiger charge is -2.33. The van der Waals surface area contributed by atoms with E-state index in [2.05, 4.69) is 32.1 Å². The fourth-order valence-electron chi connectivity index (χ4n) is 2.76. The summed E-state index contributed by atoms with van der Waals surface area (Å²) in [4.78, 5) is 24.9. The first-order valence-corrected chi connectivity index (χ1v) is 8.08. The molecule has 0 radical (unpaired) electrons. The van der Waals surface area contributed by atoms with Gasteiger partial charge in [0.05, 0.1) is 18.4 Å². The molecule has 1 aliphatic rings. The summed E-state index contributed by atoms with van der Waals surface area (Å²) in [5, 5.41) is 3.13. The van der Waals surface area contributed by atoms with Crippen LogP contribution in [0.25, 0.3) is 0 Å². The number of anilines is 4. The first-order chi connectivity index (χ1) is 12.1. The lowest BCUT2D eigenvalue weighted by molar-refractivity contribution is 0.0602. The molecule has 1 aromatic carbocycles. The van der Waals surface area contributed by atoms with Crippen molar-refractivity contribution in [3.63, 3.8) is 0 Å². The van der Waals surface area contributed by atoms with E-state index in [4.69, 9.17) is 10.5 Å². The van der Waals surface area contributed by atoms with Crippen molar-refractivity contribution in [2.75, 3.05) is 56.3 Å². The average molecular weight is 342 g/mol. The first-order valence-electron chi connectivity index (χ1n) is 8.08. The molecule has 1 fully saturated rings. The van der Waals surface area contributed by atoms with Crippen molar-refractivity contribution in [1.29, 1.82) is 0 Å². The maximum absolute atomic E-state index is 11.9. The van der Waals surface area contributed by atoms with Gasteiger partial charge >= 0.3 is 5.97 Å². The van der Waals surface area contributed by atoms with Crippen LogP contribution in [0.15, 0.2) is 30.6 Å². The van der Waals surface area contributed by atoms with Gasteiger partial charge < -0.3 is 25.6 Å². The highest BCUT2D eigenvalue weighted by molar-refractivity contribution is 5.97. The van der Waals surface area contributed by atoms with E-state index in [1.807, 2.05) is 6.07 Å². The standard InChI is InChI=1S/C17H22N6O2/c1-22-7-9-23(10-8-22)16-14(18)15(19-11-20-16)21-13-6-4-3-5-12(13)17(24)25-2/h3-6,11H,7-10,18H2,1-2H3,(H,19,20,21). The lowest BCUT2D eigenvalue weighted by atomic mass is 10.2. The normalized spacial score (nSPS) is 15.0. The summed E-state index contributed by atoms with van der Waals surface area (Å²) >= 11 is 0. The Labute approximate surface area is 146 Å². The number of rotatable bonds is 4. The van der Waals surface area contributed by atoms with Crippen LogP contribution in [0.4, 0.5) is 23.0 Å². The molecule has 132 valence electrons. The molecule has 3 rings (SSSR count). The number of para-hydroxylation sites is 1. The fraction of sp³-hybridized carbons (Fsp3) is 0.353. The van der Waals surface area contributed by atoms with Crippen molar-refractivity contribution in [2.24, 2.45) is 0 Å². The van der Waals surface area contributed by atoms with Gasteiger partial charge in [-0.15, -0.1) is 0 Å². The van der Waals surface area contributed by atoms with Crippen molar-refractivity contribution >= 4 is 29.0 Å². The highest BCUT2D eigenvalue weighted by Crippen LogP contribution is 2.30. The van der Waals surface area contributed by atoms with Crippen LogP contribution in [0.3, 0.4) is 0 Å². The van der Waals surface area contributed by atoms with Crippen LogP contribution in [0.1, 0.15) is 10.4 Å². The van der Waals surface area contributed by atoms with Gasteiger partial charge in [-0.1, -0.05) is 12.1 Å². The highest BCUT2D eigenvalue weighted by atomic mass is 16.5. The molecule has 0 spiro atoms. The summed E-state index contributed by atoms with van der Waals surface area (Å²) < 4.78 is 4.82. The van der Waals surface area contributed by atoms with Gasteiger partial charge in [0, 0.05) is 26.2 Å². The molecule has 0 aliphatic carbocycles. The van der Waals surface area contributed by atoms with Crippen molar-refractivity contribution < 1.29 is 9.53 Å². The van der Waals surface area contributed by atoms with Gasteiger partial charge in [0.2, 0.25) is 0 Å². The van der Waals surface area contributed by atoms with Crippen molar-refractivity contribution in [1.82, 2.24) is 14.9 Å². The smallest absolute Gasteiger partial charge is 0.339 e. The number of nitrogens with two attached hydrogens (primary N) is 1. The molecule has 3 N–H and O–H groups in total. The molecule has 1 saturated heterocycles. The Balaban J connectivity index is 1.87. The molecule has 0 amide bonds. The average Bonchev–Trinajstić information content (AvgIpc) is 2.64. The second kappa shape index (κ2) is 7.35. The Morgan fingerprint density at radius 1 is 1.20 bits per heavy atom. The van der Waals surface area contributed by atoms with Crippen molar-refractivity contribution in [2.45, 2.75) is 0 Å². The predicted molar refractivity (Wildman–Crippen MR) is 97.2 cm³/mol. The zero-order valence-corrected chi connectivity index (χ0v) is 14.4. The third-order valence-corrected chi connectivity index (χ3v) is 4.25. The quantitative estimate of drug-likeness (QED) is 0.804. The zero-order valence-electron chi connectivity index (χ0n) is 14.4. The Morgan fingerprint density at radius 2 is 1.92 bits per heavy atom. The first kappa shape index (κ1) is 17.0. The minimum atomic E-state index is -0.421. The highest BCUT2D eigenvalue weighted by Gasteiger charge is 2.20. The molecule has 25 heavy (non-hydrogen) atoms. The SMILES string of the molecule is COC(=O)c1ccccc1Nc1ncnc(N2CCN(C)CC2)c1N. The molecule has 1 aromatic heterocycles. The summed E-state index contributed by atoms with van der Waals surface area (Å²) in [5.41, 5.74) is 7.77. The monoisotopic (exact) mass is 342 g/mol. The number of piperazine rings is 1. The number of hydrogen-bond acceptors (Lipinski definition) is 8. The lowest BCUT2D eigenvalue weighted by Crippen LogP contribution is -2.45.